The van der Waals surface area contributed by atoms with E-state index < -0.39 is 11.9 Å². The molecule has 5 heteroatoms. The Bertz CT molecular complexity index is 497. The molecular weight excluding hydrogens is 222 g/mol. The van der Waals surface area contributed by atoms with Crippen LogP contribution in [0.5, 0.6) is 0 Å². The third-order valence-corrected chi connectivity index (χ3v) is 2.59. The average molecular weight is 233 g/mol. The number of hydrogen-bond donors (Lipinski definition) is 0. The Kier molecular flexibility index (Phi) is 2.91. The maximum atomic E-state index is 11.6. The third-order valence-electron chi connectivity index (χ3n) is 2.59. The van der Waals surface area contributed by atoms with Gasteiger partial charge in [-0.15, -0.1) is 0 Å². The Morgan fingerprint density at radius 1 is 1.41 bits per heavy atom. The van der Waals surface area contributed by atoms with Crippen LogP contribution in [0.25, 0.3) is 0 Å². The maximum Gasteiger partial charge on any atom is 0.320 e. The highest BCUT2D eigenvalue weighted by Gasteiger charge is 2.31. The fraction of sp³-hybridized carbons (Fsp3) is 0.250. The molecule has 0 aromatic heterocycles. The number of nitrogens with zero attached hydrogens (tertiary/aromatic N) is 1. The van der Waals surface area contributed by atoms with Crippen LogP contribution >= 0.6 is 0 Å². The number of methoxy groups -OCH3 is 2. The van der Waals surface area contributed by atoms with E-state index in [0.29, 0.717) is 17.0 Å². The van der Waals surface area contributed by atoms with Crippen LogP contribution in [-0.2, 0) is 19.1 Å². The lowest BCUT2D eigenvalue weighted by atomic mass is 9.90. The second-order valence-corrected chi connectivity index (χ2v) is 3.53. The van der Waals surface area contributed by atoms with Crippen LogP contribution in [0.1, 0.15) is 0 Å². The Morgan fingerprint density at radius 2 is 2.18 bits per heavy atom. The molecule has 0 spiro atoms. The minimum Gasteiger partial charge on any atom is -0.500 e. The van der Waals surface area contributed by atoms with Crippen LogP contribution in [0.3, 0.4) is 0 Å². The first kappa shape index (κ1) is 11.3. The summed E-state index contributed by atoms with van der Waals surface area (Å²) in [6.07, 6.45) is 5.89. The van der Waals surface area contributed by atoms with E-state index in [-0.39, 0.29) is 5.78 Å². The number of rotatable bonds is 2. The van der Waals surface area contributed by atoms with Gasteiger partial charge < -0.3 is 9.47 Å². The standard InChI is InChI=1S/C12H11NO4/c1-16-11-6-9-7(10(14)3-4-13-9)5-8(11)12(15)17-2/h3-6,8H,1-2H3. The van der Waals surface area contributed by atoms with Crippen molar-refractivity contribution in [3.05, 3.63) is 35.8 Å². The minimum atomic E-state index is -0.686. The molecule has 1 atom stereocenters. The van der Waals surface area contributed by atoms with Crippen LogP contribution in [0.2, 0.25) is 0 Å². The van der Waals surface area contributed by atoms with Crippen molar-refractivity contribution in [2.75, 3.05) is 14.2 Å². The Morgan fingerprint density at radius 3 is 2.82 bits per heavy atom. The van der Waals surface area contributed by atoms with Gasteiger partial charge in [-0.05, 0) is 6.08 Å². The van der Waals surface area contributed by atoms with Crippen molar-refractivity contribution in [1.82, 2.24) is 0 Å². The molecule has 1 heterocycles. The van der Waals surface area contributed by atoms with Gasteiger partial charge in [-0.1, -0.05) is 0 Å². The van der Waals surface area contributed by atoms with Gasteiger partial charge >= 0.3 is 5.97 Å². The number of hydrogen-bond acceptors (Lipinski definition) is 5. The van der Waals surface area contributed by atoms with Gasteiger partial charge in [0, 0.05) is 23.9 Å². The van der Waals surface area contributed by atoms with Crippen molar-refractivity contribution in [2.45, 2.75) is 0 Å². The lowest BCUT2D eigenvalue weighted by Gasteiger charge is -2.21. The summed E-state index contributed by atoms with van der Waals surface area (Å²) in [5.74, 6) is -0.904. The van der Waals surface area contributed by atoms with Crippen molar-refractivity contribution in [3.63, 3.8) is 0 Å². The van der Waals surface area contributed by atoms with E-state index in [1.165, 1.54) is 32.6 Å². The molecule has 0 fully saturated rings. The number of allylic oxidation sites excluding steroid dienone is 3. The second-order valence-electron chi connectivity index (χ2n) is 3.53. The molecule has 0 N–H and O–H groups in total. The summed E-state index contributed by atoms with van der Waals surface area (Å²) in [6.45, 7) is 0. The van der Waals surface area contributed by atoms with Crippen LogP contribution < -0.4 is 0 Å². The van der Waals surface area contributed by atoms with Crippen molar-refractivity contribution in [1.29, 1.82) is 0 Å². The number of carbonyl (C=O) groups excluding carboxylic acids is 2. The first-order valence-corrected chi connectivity index (χ1v) is 5.01. The van der Waals surface area contributed by atoms with E-state index in [1.54, 1.807) is 6.08 Å². The summed E-state index contributed by atoms with van der Waals surface area (Å²) in [5, 5.41) is 0. The molecule has 0 radical (unpaired) electrons. The van der Waals surface area contributed by atoms with Gasteiger partial charge in [-0.25, -0.2) is 0 Å². The molecule has 17 heavy (non-hydrogen) atoms. The predicted octanol–water partition coefficient (Wildman–Crippen LogP) is 0.783. The molecule has 2 rings (SSSR count). The van der Waals surface area contributed by atoms with E-state index in [9.17, 15) is 9.59 Å². The van der Waals surface area contributed by atoms with E-state index in [0.717, 1.165) is 0 Å². The number of ether oxygens (including phenoxy) is 2. The Balaban J connectivity index is 2.44. The zero-order valence-corrected chi connectivity index (χ0v) is 9.47. The quantitative estimate of drug-likeness (QED) is 0.661. The summed E-state index contributed by atoms with van der Waals surface area (Å²) in [6, 6.07) is 0. The minimum absolute atomic E-state index is 0.171. The summed E-state index contributed by atoms with van der Waals surface area (Å²) in [7, 11) is 2.75. The van der Waals surface area contributed by atoms with Gasteiger partial charge in [0.05, 0.1) is 19.9 Å². The largest absolute Gasteiger partial charge is 0.500 e. The molecule has 0 aromatic carbocycles. The van der Waals surface area contributed by atoms with Crippen LogP contribution in [0.4, 0.5) is 0 Å². The van der Waals surface area contributed by atoms with Gasteiger partial charge in [0.15, 0.2) is 5.78 Å². The molecule has 1 unspecified atom stereocenters. The molecule has 0 amide bonds. The molecule has 88 valence electrons. The van der Waals surface area contributed by atoms with Crippen molar-refractivity contribution in [3.8, 4) is 0 Å². The number of carbonyl (C=O) groups is 2. The highest BCUT2D eigenvalue weighted by molar-refractivity contribution is 6.31. The van der Waals surface area contributed by atoms with Crippen molar-refractivity contribution < 1.29 is 19.1 Å². The first-order chi connectivity index (χ1) is 8.17. The fourth-order valence-corrected chi connectivity index (χ4v) is 1.72. The number of aliphatic imine (C=N–C) groups is 1. The van der Waals surface area contributed by atoms with Gasteiger partial charge in [0.25, 0.3) is 0 Å². The summed E-state index contributed by atoms with van der Waals surface area (Å²) < 4.78 is 9.77. The van der Waals surface area contributed by atoms with Crippen LogP contribution in [0.15, 0.2) is 40.8 Å². The topological polar surface area (TPSA) is 65.0 Å². The van der Waals surface area contributed by atoms with Crippen LogP contribution in [-0.4, -0.2) is 31.7 Å². The molecule has 1 aliphatic heterocycles. The maximum absolute atomic E-state index is 11.6. The zero-order valence-electron chi connectivity index (χ0n) is 9.47. The molecule has 0 saturated heterocycles. The molecule has 5 nitrogen and oxygen atoms in total. The van der Waals surface area contributed by atoms with E-state index in [4.69, 9.17) is 4.74 Å². The molecule has 1 aliphatic carbocycles. The Labute approximate surface area is 98.1 Å². The third kappa shape index (κ3) is 1.91. The SMILES string of the molecule is COC(=O)C1C=C2C(=O)C=CN=C2C=C1OC. The lowest BCUT2D eigenvalue weighted by Crippen LogP contribution is -2.26. The monoisotopic (exact) mass is 233 g/mol. The number of esters is 1. The van der Waals surface area contributed by atoms with E-state index in [2.05, 4.69) is 9.73 Å². The molecular formula is C12H11NO4. The molecule has 0 bridgehead atoms. The van der Waals surface area contributed by atoms with Gasteiger partial charge in [0.2, 0.25) is 0 Å². The summed E-state index contributed by atoms with van der Waals surface area (Å²) in [4.78, 5) is 27.2. The first-order valence-electron chi connectivity index (χ1n) is 5.01. The van der Waals surface area contributed by atoms with Crippen LogP contribution in [0, 0.1) is 5.92 Å². The molecule has 2 aliphatic rings. The van der Waals surface area contributed by atoms with Crippen molar-refractivity contribution >= 4 is 17.5 Å². The highest BCUT2D eigenvalue weighted by atomic mass is 16.5. The number of fused-ring (bicyclic) bond motifs is 1. The number of ketones is 1. The normalized spacial score (nSPS) is 22.1. The lowest BCUT2D eigenvalue weighted by molar-refractivity contribution is -0.143. The Hall–Kier alpha value is -2.17. The van der Waals surface area contributed by atoms with Gasteiger partial charge in [0.1, 0.15) is 11.7 Å². The van der Waals surface area contributed by atoms with Crippen molar-refractivity contribution in [2.24, 2.45) is 10.9 Å². The van der Waals surface area contributed by atoms with E-state index in [1.807, 2.05) is 0 Å². The summed E-state index contributed by atoms with van der Waals surface area (Å²) >= 11 is 0. The summed E-state index contributed by atoms with van der Waals surface area (Å²) in [5.41, 5.74) is 0.915. The average Bonchev–Trinajstić information content (AvgIpc) is 2.37. The molecule has 0 aromatic rings. The molecule has 0 saturated carbocycles. The van der Waals surface area contributed by atoms with Gasteiger partial charge in [-0.3, -0.25) is 14.6 Å². The second kappa shape index (κ2) is 4.37. The van der Waals surface area contributed by atoms with Gasteiger partial charge in [-0.2, -0.15) is 0 Å². The smallest absolute Gasteiger partial charge is 0.320 e. The zero-order chi connectivity index (χ0) is 12.4. The highest BCUT2D eigenvalue weighted by Crippen LogP contribution is 2.26. The fourth-order valence-electron chi connectivity index (χ4n) is 1.72. The predicted molar refractivity (Wildman–Crippen MR) is 60.3 cm³/mol. The van der Waals surface area contributed by atoms with E-state index >= 15 is 0 Å².